The number of hydrogen-bond acceptors (Lipinski definition) is 8. The van der Waals surface area contributed by atoms with Gasteiger partial charge in [0.2, 0.25) is 11.8 Å². The highest BCUT2D eigenvalue weighted by Gasteiger charge is 2.64. The molecule has 1 unspecified atom stereocenters. The van der Waals surface area contributed by atoms with Gasteiger partial charge in [0.05, 0.1) is 5.69 Å². The molecule has 0 radical (unpaired) electrons. The molecule has 0 bridgehead atoms. The number of nitrogens with one attached hydrogen (secondary N) is 1. The number of Topliss-reactive ketones (excluding diaryl/α,β-unsaturated/α-hetero) is 1. The lowest BCUT2D eigenvalue weighted by molar-refractivity contribution is -0.140. The summed E-state index contributed by atoms with van der Waals surface area (Å²) in [6, 6.07) is 1.21. The normalized spacial score (nSPS) is 20.8. The molecule has 1 aliphatic heterocycles. The molecule has 1 saturated carbocycles. The van der Waals surface area contributed by atoms with Gasteiger partial charge in [-0.25, -0.2) is 24.3 Å². The predicted molar refractivity (Wildman–Crippen MR) is 155 cm³/mol. The molecule has 4 aromatic rings. The zero-order valence-electron chi connectivity index (χ0n) is 24.3. The molecule has 6 rings (SSSR count). The molecule has 0 aromatic carbocycles. The Kier molecular flexibility index (Phi) is 7.25. The van der Waals surface area contributed by atoms with Gasteiger partial charge >= 0.3 is 6.18 Å². The summed E-state index contributed by atoms with van der Waals surface area (Å²) in [5, 5.41) is 6.66. The van der Waals surface area contributed by atoms with E-state index in [4.69, 9.17) is 0 Å². The van der Waals surface area contributed by atoms with Crippen LogP contribution in [0.2, 0.25) is 0 Å². The maximum absolute atomic E-state index is 14.5. The van der Waals surface area contributed by atoms with Gasteiger partial charge in [0.1, 0.15) is 40.0 Å². The third kappa shape index (κ3) is 5.44. The van der Waals surface area contributed by atoms with Crippen molar-refractivity contribution >= 4 is 50.2 Å². The van der Waals surface area contributed by atoms with Crippen molar-refractivity contribution in [2.24, 2.45) is 5.41 Å². The van der Waals surface area contributed by atoms with E-state index in [-0.39, 0.29) is 44.2 Å². The third-order valence-corrected chi connectivity index (χ3v) is 8.84. The number of halogens is 5. The molecule has 2 fully saturated rings. The van der Waals surface area contributed by atoms with E-state index < -0.39 is 53.4 Å². The number of nitrogens with zero attached hydrogens (tertiary/aromatic N) is 7. The second-order valence-corrected chi connectivity index (χ2v) is 12.4. The molecule has 45 heavy (non-hydrogen) atoms. The number of aromatic nitrogens is 6. The van der Waals surface area contributed by atoms with E-state index in [1.807, 2.05) is 6.92 Å². The number of amides is 2. The fraction of sp³-hybridized carbons (Fsp3) is 0.379. The minimum absolute atomic E-state index is 0.100. The van der Waals surface area contributed by atoms with Crippen LogP contribution in [0.1, 0.15) is 54.3 Å². The Hall–Kier alpha value is -4.34. The number of anilines is 1. The van der Waals surface area contributed by atoms with E-state index in [2.05, 4.69) is 46.3 Å². The number of likely N-dealkylation sites (tertiary alicyclic amines) is 1. The quantitative estimate of drug-likeness (QED) is 0.169. The molecule has 2 amide bonds. The minimum atomic E-state index is -4.98. The van der Waals surface area contributed by atoms with E-state index in [1.165, 1.54) is 29.4 Å². The van der Waals surface area contributed by atoms with Gasteiger partial charge < -0.3 is 10.2 Å². The summed E-state index contributed by atoms with van der Waals surface area (Å²) < 4.78 is 58.1. The van der Waals surface area contributed by atoms with Crippen LogP contribution in [-0.4, -0.2) is 64.3 Å². The number of ketones is 1. The van der Waals surface area contributed by atoms with Gasteiger partial charge in [-0.15, -0.1) is 0 Å². The predicted octanol–water partition coefficient (Wildman–Crippen LogP) is 5.04. The van der Waals surface area contributed by atoms with Crippen LogP contribution in [0.25, 0.3) is 22.2 Å². The maximum Gasteiger partial charge on any atom is 0.435 e. The van der Waals surface area contributed by atoms with Crippen LogP contribution in [0.15, 0.2) is 29.1 Å². The largest absolute Gasteiger partial charge is 0.435 e. The first-order valence-corrected chi connectivity index (χ1v) is 14.6. The Morgan fingerprint density at radius 2 is 1.80 bits per heavy atom. The number of aryl methyl sites for hydroxylation is 2. The zero-order valence-corrected chi connectivity index (χ0v) is 25.9. The van der Waals surface area contributed by atoms with Crippen molar-refractivity contribution in [3.05, 3.63) is 57.7 Å². The van der Waals surface area contributed by atoms with Crippen molar-refractivity contribution in [3.8, 4) is 11.3 Å². The maximum atomic E-state index is 14.5. The molecule has 16 heteroatoms. The fourth-order valence-electron chi connectivity index (χ4n) is 5.90. The number of hydrogen-bond donors (Lipinski definition) is 1. The van der Waals surface area contributed by atoms with Crippen molar-refractivity contribution in [3.63, 3.8) is 0 Å². The van der Waals surface area contributed by atoms with E-state index in [1.54, 1.807) is 13.8 Å². The number of pyridine rings is 2. The Labute approximate surface area is 261 Å². The Morgan fingerprint density at radius 1 is 1.11 bits per heavy atom. The summed E-state index contributed by atoms with van der Waals surface area (Å²) in [6.07, 6.45) is -1.41. The van der Waals surface area contributed by atoms with Gasteiger partial charge in [0.25, 0.3) is 0 Å². The van der Waals surface area contributed by atoms with Gasteiger partial charge in [-0.1, -0.05) is 6.92 Å². The lowest BCUT2D eigenvalue weighted by Crippen LogP contribution is -2.47. The van der Waals surface area contributed by atoms with Crippen molar-refractivity contribution in [1.82, 2.24) is 34.6 Å². The van der Waals surface area contributed by atoms with Crippen molar-refractivity contribution in [1.29, 1.82) is 0 Å². The molecule has 3 atom stereocenters. The zero-order chi connectivity index (χ0) is 32.6. The third-order valence-electron chi connectivity index (χ3n) is 8.28. The topological polar surface area (TPSA) is 136 Å². The van der Waals surface area contributed by atoms with Crippen LogP contribution in [0.3, 0.4) is 0 Å². The average molecular weight is 689 g/mol. The number of alkyl halides is 3. The first-order valence-electron chi connectivity index (χ1n) is 13.8. The van der Waals surface area contributed by atoms with Crippen molar-refractivity contribution < 1.29 is 31.9 Å². The highest BCUT2D eigenvalue weighted by atomic mass is 79.9. The molecule has 0 spiro atoms. The summed E-state index contributed by atoms with van der Waals surface area (Å²) >= 11 is 3.00. The minimum Gasteiger partial charge on any atom is -0.325 e. The van der Waals surface area contributed by atoms with E-state index in [9.17, 15) is 31.9 Å². The van der Waals surface area contributed by atoms with E-state index in [0.717, 1.165) is 11.6 Å². The van der Waals surface area contributed by atoms with Crippen molar-refractivity contribution in [2.45, 2.75) is 65.3 Å². The summed E-state index contributed by atoms with van der Waals surface area (Å²) in [6.45, 7) is 5.58. The number of carbonyl (C=O) groups excluding carboxylic acids is 3. The fourth-order valence-corrected chi connectivity index (χ4v) is 6.20. The lowest BCUT2D eigenvalue weighted by Gasteiger charge is -2.27. The van der Waals surface area contributed by atoms with Gasteiger partial charge in [0.15, 0.2) is 17.3 Å². The average Bonchev–Trinajstić information content (AvgIpc) is 3.32. The number of carbonyl (C=O) groups is 3. The molecule has 11 nitrogen and oxygen atoms in total. The van der Waals surface area contributed by atoms with Gasteiger partial charge in [0, 0.05) is 36.3 Å². The number of fused-ring (bicyclic) bond motifs is 2. The SMILES string of the molecule is CC(=O)c1nn(CC(=O)N2C3C[C@]3(C)C[C@H]2C(=O)Nc2nc(Br)c(F)cc2C)c2c(C(F)(F)F)nc(-c3cnc(C)nc3)cc12. The van der Waals surface area contributed by atoms with Crippen LogP contribution in [0, 0.1) is 25.1 Å². The Balaban J connectivity index is 1.38. The highest BCUT2D eigenvalue weighted by Crippen LogP contribution is 2.59. The molecule has 234 valence electrons. The molecule has 2 aliphatic rings. The molecular weight excluding hydrogens is 664 g/mol. The molecule has 1 aliphatic carbocycles. The van der Waals surface area contributed by atoms with Gasteiger partial charge in [-0.3, -0.25) is 19.1 Å². The number of rotatable bonds is 6. The summed E-state index contributed by atoms with van der Waals surface area (Å²) in [4.78, 5) is 57.1. The second-order valence-electron chi connectivity index (χ2n) is 11.6. The summed E-state index contributed by atoms with van der Waals surface area (Å²) in [5.74, 6) is -1.94. The summed E-state index contributed by atoms with van der Waals surface area (Å²) in [7, 11) is 0. The first-order chi connectivity index (χ1) is 21.1. The lowest BCUT2D eigenvalue weighted by atomic mass is 10.0. The van der Waals surface area contributed by atoms with Crippen LogP contribution < -0.4 is 5.32 Å². The standard InChI is InChI=1S/C29H25BrF4N8O3/c1-12-5-17(31)25(30)38-26(12)39-27(45)19-7-28(4)8-20(28)42(19)21(44)11-41-23-16(22(40-41)13(2)43)6-18(37-24(23)29(32,33)34)15-9-35-14(3)36-10-15/h5-6,9-10,19-20H,7-8,11H2,1-4H3,(H,38,39,45)/t19-,20?,28-/m0/s1. The van der Waals surface area contributed by atoms with Crippen molar-refractivity contribution in [2.75, 3.05) is 5.32 Å². The van der Waals surface area contributed by atoms with E-state index >= 15 is 0 Å². The Morgan fingerprint density at radius 3 is 2.44 bits per heavy atom. The van der Waals surface area contributed by atoms with Crippen LogP contribution in [-0.2, 0) is 22.3 Å². The van der Waals surface area contributed by atoms with Crippen LogP contribution >= 0.6 is 15.9 Å². The molecule has 1 saturated heterocycles. The molecule has 1 N–H and O–H groups in total. The smallest absolute Gasteiger partial charge is 0.325 e. The van der Waals surface area contributed by atoms with Crippen LogP contribution in [0.4, 0.5) is 23.4 Å². The Bertz CT molecular complexity index is 1910. The van der Waals surface area contributed by atoms with Gasteiger partial charge in [-0.2, -0.15) is 18.3 Å². The second kappa shape index (κ2) is 10.6. The summed E-state index contributed by atoms with van der Waals surface area (Å²) in [5.41, 5.74) is -2.06. The van der Waals surface area contributed by atoms with Crippen LogP contribution in [0.5, 0.6) is 0 Å². The molecular formula is C29H25BrF4N8O3. The molecule has 4 aromatic heterocycles. The monoisotopic (exact) mass is 688 g/mol. The highest BCUT2D eigenvalue weighted by molar-refractivity contribution is 9.10. The molecule has 5 heterocycles. The number of piperidine rings is 1. The van der Waals surface area contributed by atoms with E-state index in [0.29, 0.717) is 24.2 Å². The first kappa shape index (κ1) is 30.7. The van der Waals surface area contributed by atoms with Gasteiger partial charge in [-0.05, 0) is 65.7 Å².